The highest BCUT2D eigenvalue weighted by atomic mass is 35.5. The summed E-state index contributed by atoms with van der Waals surface area (Å²) >= 11 is 5.74. The predicted molar refractivity (Wildman–Crippen MR) is 87.4 cm³/mol. The van der Waals surface area contributed by atoms with Gasteiger partial charge in [-0.05, 0) is 24.3 Å². The lowest BCUT2D eigenvalue weighted by atomic mass is 10.1. The number of aromatic nitrogens is 3. The summed E-state index contributed by atoms with van der Waals surface area (Å²) in [6.07, 6.45) is 2.81. The Hall–Kier alpha value is -2.93. The Kier molecular flexibility index (Phi) is 4.72. The second-order valence-corrected chi connectivity index (χ2v) is 5.15. The fraction of sp³-hybridized carbons (Fsp3) is 0.125. The number of fused-ring (bicyclic) bond motifs is 1. The predicted octanol–water partition coefficient (Wildman–Crippen LogP) is 2.21. The number of ether oxygens (including phenoxy) is 2. The summed E-state index contributed by atoms with van der Waals surface area (Å²) in [5.41, 5.74) is 0.479. The van der Waals surface area contributed by atoms with Crippen molar-refractivity contribution in [1.29, 1.82) is 0 Å². The number of H-pyrrole nitrogens is 1. The van der Waals surface area contributed by atoms with Gasteiger partial charge in [0, 0.05) is 12.3 Å². The average Bonchev–Trinajstić information content (AvgIpc) is 2.58. The van der Waals surface area contributed by atoms with Gasteiger partial charge in [-0.15, -0.1) is 0 Å². The van der Waals surface area contributed by atoms with E-state index in [-0.39, 0.29) is 18.8 Å². The van der Waals surface area contributed by atoms with Crippen molar-refractivity contribution in [2.24, 2.45) is 0 Å². The molecule has 0 bridgehead atoms. The third-order valence-electron chi connectivity index (χ3n) is 3.16. The smallest absolute Gasteiger partial charge is 0.338 e. The number of carbonyl (C=O) groups excluding carboxylic acids is 1. The van der Waals surface area contributed by atoms with E-state index in [1.54, 1.807) is 12.1 Å². The van der Waals surface area contributed by atoms with Crippen LogP contribution in [0.2, 0.25) is 5.15 Å². The first-order chi connectivity index (χ1) is 11.6. The number of pyridine rings is 1. The number of hydrogen-bond acceptors (Lipinski definition) is 6. The molecule has 122 valence electrons. The average molecular weight is 346 g/mol. The number of aromatic amines is 1. The van der Waals surface area contributed by atoms with Crippen LogP contribution < -0.4 is 10.3 Å². The highest BCUT2D eigenvalue weighted by molar-refractivity contribution is 6.29. The van der Waals surface area contributed by atoms with Crippen LogP contribution >= 0.6 is 11.6 Å². The number of carbonyl (C=O) groups is 1. The molecule has 0 saturated carbocycles. The van der Waals surface area contributed by atoms with Crippen molar-refractivity contribution < 1.29 is 14.3 Å². The van der Waals surface area contributed by atoms with Crippen molar-refractivity contribution in [3.63, 3.8) is 0 Å². The molecule has 0 amide bonds. The first-order valence-electron chi connectivity index (χ1n) is 7.02. The topological polar surface area (TPSA) is 94.2 Å². The van der Waals surface area contributed by atoms with Gasteiger partial charge in [0.1, 0.15) is 24.1 Å². The number of benzene rings is 1. The second kappa shape index (κ2) is 7.10. The summed E-state index contributed by atoms with van der Waals surface area (Å²) in [7, 11) is 0. The van der Waals surface area contributed by atoms with Crippen molar-refractivity contribution in [3.8, 4) is 5.75 Å². The normalized spacial score (nSPS) is 10.5. The first-order valence-corrected chi connectivity index (χ1v) is 7.40. The van der Waals surface area contributed by atoms with Crippen molar-refractivity contribution >= 4 is 28.5 Å². The lowest BCUT2D eigenvalue weighted by molar-refractivity contribution is 0.0450. The minimum absolute atomic E-state index is 0.0691. The van der Waals surface area contributed by atoms with Crippen LogP contribution in [0.4, 0.5) is 0 Å². The minimum Gasteiger partial charge on any atom is -0.490 e. The van der Waals surface area contributed by atoms with Gasteiger partial charge in [-0.1, -0.05) is 11.6 Å². The highest BCUT2D eigenvalue weighted by Crippen LogP contribution is 2.14. The van der Waals surface area contributed by atoms with E-state index >= 15 is 0 Å². The number of esters is 1. The van der Waals surface area contributed by atoms with Crippen molar-refractivity contribution in [3.05, 3.63) is 63.9 Å². The fourth-order valence-electron chi connectivity index (χ4n) is 2.05. The Balaban J connectivity index is 1.58. The van der Waals surface area contributed by atoms with E-state index in [1.807, 2.05) is 0 Å². The van der Waals surface area contributed by atoms with Gasteiger partial charge in [-0.3, -0.25) is 4.79 Å². The SMILES string of the molecule is O=C(OCCOc1ccnc(Cl)c1)c1ccc2c(=O)[nH]cnc2c1. The monoisotopic (exact) mass is 345 g/mol. The van der Waals surface area contributed by atoms with Crippen LogP contribution in [0.1, 0.15) is 10.4 Å². The summed E-state index contributed by atoms with van der Waals surface area (Å²) in [6.45, 7) is 0.247. The summed E-state index contributed by atoms with van der Waals surface area (Å²) in [5.74, 6) is 0.0236. The molecule has 0 aliphatic rings. The molecule has 3 aromatic rings. The third-order valence-corrected chi connectivity index (χ3v) is 3.37. The summed E-state index contributed by atoms with van der Waals surface area (Å²) in [4.78, 5) is 33.9. The molecule has 7 nitrogen and oxygen atoms in total. The standard InChI is InChI=1S/C16H12ClN3O4/c17-14-8-11(3-4-18-14)23-5-6-24-16(22)10-1-2-12-13(7-10)19-9-20-15(12)21/h1-4,7-9H,5-6H2,(H,19,20,21). The first kappa shape index (κ1) is 15.9. The van der Waals surface area contributed by atoms with Crippen molar-refractivity contribution in [2.75, 3.05) is 13.2 Å². The molecule has 24 heavy (non-hydrogen) atoms. The summed E-state index contributed by atoms with van der Waals surface area (Å²) in [5, 5.41) is 0.732. The molecular weight excluding hydrogens is 334 g/mol. The Morgan fingerprint density at radius 2 is 2.04 bits per heavy atom. The quantitative estimate of drug-likeness (QED) is 0.433. The fourth-order valence-corrected chi connectivity index (χ4v) is 2.21. The van der Waals surface area contributed by atoms with Crippen LogP contribution in [-0.4, -0.2) is 34.1 Å². The van der Waals surface area contributed by atoms with Gasteiger partial charge in [0.15, 0.2) is 0 Å². The van der Waals surface area contributed by atoms with Crippen LogP contribution in [0, 0.1) is 0 Å². The van der Waals surface area contributed by atoms with Gasteiger partial charge in [-0.2, -0.15) is 0 Å². The van der Waals surface area contributed by atoms with Crippen molar-refractivity contribution in [1.82, 2.24) is 15.0 Å². The lowest BCUT2D eigenvalue weighted by Crippen LogP contribution is -2.13. The van der Waals surface area contributed by atoms with Gasteiger partial charge in [0.25, 0.3) is 5.56 Å². The van der Waals surface area contributed by atoms with E-state index in [2.05, 4.69) is 15.0 Å². The molecule has 3 rings (SSSR count). The molecule has 0 aliphatic carbocycles. The van der Waals surface area contributed by atoms with Crippen molar-refractivity contribution in [2.45, 2.75) is 0 Å². The van der Waals surface area contributed by atoms with E-state index in [1.165, 1.54) is 30.7 Å². The van der Waals surface area contributed by atoms with Gasteiger partial charge in [-0.25, -0.2) is 14.8 Å². The molecule has 0 unspecified atom stereocenters. The van der Waals surface area contributed by atoms with E-state index in [0.717, 1.165) is 0 Å². The zero-order chi connectivity index (χ0) is 16.9. The maximum atomic E-state index is 12.0. The molecule has 8 heteroatoms. The largest absolute Gasteiger partial charge is 0.490 e. The number of nitrogens with one attached hydrogen (secondary N) is 1. The Morgan fingerprint density at radius 3 is 2.88 bits per heavy atom. The molecule has 0 spiro atoms. The molecule has 0 fully saturated rings. The van der Waals surface area contributed by atoms with E-state index < -0.39 is 5.97 Å². The van der Waals surface area contributed by atoms with Gasteiger partial charge < -0.3 is 14.5 Å². The maximum absolute atomic E-state index is 12.0. The Labute approximate surface area is 141 Å². The number of rotatable bonds is 5. The maximum Gasteiger partial charge on any atom is 0.338 e. The van der Waals surface area contributed by atoms with E-state index in [0.29, 0.717) is 27.4 Å². The zero-order valence-corrected chi connectivity index (χ0v) is 13.1. The highest BCUT2D eigenvalue weighted by Gasteiger charge is 2.09. The minimum atomic E-state index is -0.518. The second-order valence-electron chi connectivity index (χ2n) is 4.76. The van der Waals surface area contributed by atoms with Crippen LogP contribution in [0.15, 0.2) is 47.7 Å². The Morgan fingerprint density at radius 1 is 1.17 bits per heavy atom. The Bertz CT molecular complexity index is 942. The molecule has 1 N–H and O–H groups in total. The third kappa shape index (κ3) is 3.69. The molecule has 2 aromatic heterocycles. The molecule has 1 aromatic carbocycles. The summed E-state index contributed by atoms with van der Waals surface area (Å²) in [6, 6.07) is 7.78. The van der Waals surface area contributed by atoms with Gasteiger partial charge in [0.2, 0.25) is 0 Å². The van der Waals surface area contributed by atoms with Crippen LogP contribution in [0.25, 0.3) is 10.9 Å². The molecular formula is C16H12ClN3O4. The molecule has 0 aliphatic heterocycles. The van der Waals surface area contributed by atoms with Gasteiger partial charge >= 0.3 is 5.97 Å². The van der Waals surface area contributed by atoms with Crippen LogP contribution in [0.5, 0.6) is 5.75 Å². The zero-order valence-electron chi connectivity index (χ0n) is 12.4. The lowest BCUT2D eigenvalue weighted by Gasteiger charge is -2.07. The van der Waals surface area contributed by atoms with E-state index in [9.17, 15) is 9.59 Å². The van der Waals surface area contributed by atoms with Crippen LogP contribution in [0.3, 0.4) is 0 Å². The molecule has 0 saturated heterocycles. The number of halogens is 1. The number of nitrogens with zero attached hydrogens (tertiary/aromatic N) is 2. The molecule has 2 heterocycles. The molecule has 0 atom stereocenters. The summed E-state index contributed by atoms with van der Waals surface area (Å²) < 4.78 is 10.5. The van der Waals surface area contributed by atoms with Gasteiger partial charge in [0.05, 0.1) is 22.8 Å². The van der Waals surface area contributed by atoms with Crippen LogP contribution in [-0.2, 0) is 4.74 Å². The molecule has 0 radical (unpaired) electrons. The number of hydrogen-bond donors (Lipinski definition) is 1. The van der Waals surface area contributed by atoms with E-state index in [4.69, 9.17) is 21.1 Å².